The second-order valence-corrected chi connectivity index (χ2v) is 6.37. The van der Waals surface area contributed by atoms with Crippen molar-refractivity contribution in [3.63, 3.8) is 0 Å². The van der Waals surface area contributed by atoms with Gasteiger partial charge < -0.3 is 10.6 Å². The van der Waals surface area contributed by atoms with Crippen LogP contribution in [-0.2, 0) is 4.79 Å². The van der Waals surface area contributed by atoms with Crippen molar-refractivity contribution in [2.24, 2.45) is 11.7 Å². The molecular formula is C14H25N3O. The molecule has 1 aliphatic heterocycles. The Balaban J connectivity index is 1.71. The smallest absolute Gasteiger partial charge is 0.239 e. The van der Waals surface area contributed by atoms with Crippen LogP contribution in [0.15, 0.2) is 0 Å². The van der Waals surface area contributed by atoms with Gasteiger partial charge in [-0.2, -0.15) is 0 Å². The van der Waals surface area contributed by atoms with E-state index in [0.29, 0.717) is 12.0 Å². The molecule has 0 aromatic rings. The summed E-state index contributed by atoms with van der Waals surface area (Å²) >= 11 is 0. The van der Waals surface area contributed by atoms with Gasteiger partial charge in [-0.3, -0.25) is 10.1 Å². The van der Waals surface area contributed by atoms with E-state index in [2.05, 4.69) is 10.2 Å². The van der Waals surface area contributed by atoms with Crippen molar-refractivity contribution in [3.05, 3.63) is 0 Å². The molecule has 18 heavy (non-hydrogen) atoms. The molecule has 1 unspecified atom stereocenters. The second kappa shape index (κ2) is 4.82. The average Bonchev–Trinajstić information content (AvgIpc) is 3.23. The van der Waals surface area contributed by atoms with Gasteiger partial charge in [0.25, 0.3) is 0 Å². The lowest BCUT2D eigenvalue weighted by Crippen LogP contribution is -2.64. The zero-order valence-electron chi connectivity index (χ0n) is 11.2. The first-order chi connectivity index (χ1) is 8.71. The van der Waals surface area contributed by atoms with Crippen LogP contribution < -0.4 is 11.1 Å². The fraction of sp³-hybridized carbons (Fsp3) is 0.929. The molecule has 1 amide bonds. The maximum absolute atomic E-state index is 12.1. The molecule has 1 heterocycles. The average molecular weight is 251 g/mol. The Kier molecular flexibility index (Phi) is 3.32. The quantitative estimate of drug-likeness (QED) is 0.736. The fourth-order valence-corrected chi connectivity index (χ4v) is 3.28. The van der Waals surface area contributed by atoms with Crippen molar-refractivity contribution in [1.29, 1.82) is 0 Å². The highest BCUT2D eigenvalue weighted by atomic mass is 16.1. The lowest BCUT2D eigenvalue weighted by molar-refractivity contribution is -0.126. The highest BCUT2D eigenvalue weighted by molar-refractivity contribution is 5.86. The van der Waals surface area contributed by atoms with E-state index in [4.69, 9.17) is 5.73 Å². The number of likely N-dealkylation sites (tertiary alicyclic amines) is 1. The van der Waals surface area contributed by atoms with Crippen molar-refractivity contribution < 1.29 is 4.79 Å². The summed E-state index contributed by atoms with van der Waals surface area (Å²) in [7, 11) is 0. The Morgan fingerprint density at radius 3 is 2.33 bits per heavy atom. The Morgan fingerprint density at radius 1 is 1.17 bits per heavy atom. The number of nitrogens with two attached hydrogens (primary N) is 1. The van der Waals surface area contributed by atoms with Crippen molar-refractivity contribution in [2.45, 2.75) is 56.5 Å². The molecule has 3 rings (SSSR count). The minimum absolute atomic E-state index is 0.123. The van der Waals surface area contributed by atoms with Crippen LogP contribution >= 0.6 is 0 Å². The molecule has 1 atom stereocenters. The fourth-order valence-electron chi connectivity index (χ4n) is 3.28. The number of hydrogen-bond acceptors (Lipinski definition) is 3. The number of amides is 1. The number of carbonyl (C=O) groups excluding carboxylic acids is 1. The number of hydrogen-bond donors (Lipinski definition) is 2. The molecule has 1 saturated heterocycles. The number of piperidine rings is 1. The Labute approximate surface area is 109 Å². The van der Waals surface area contributed by atoms with Crippen molar-refractivity contribution in [1.82, 2.24) is 10.2 Å². The van der Waals surface area contributed by atoms with Crippen LogP contribution in [0, 0.1) is 5.92 Å². The normalized spacial score (nSPS) is 28.9. The molecule has 3 fully saturated rings. The third-order valence-electron chi connectivity index (χ3n) is 4.67. The van der Waals surface area contributed by atoms with Crippen LogP contribution in [0.3, 0.4) is 0 Å². The van der Waals surface area contributed by atoms with E-state index in [1.54, 1.807) is 0 Å². The summed E-state index contributed by atoms with van der Waals surface area (Å²) in [6.45, 7) is 3.10. The van der Waals surface area contributed by atoms with E-state index in [1.807, 2.05) is 0 Å². The first-order valence-corrected chi connectivity index (χ1v) is 7.51. The molecule has 2 aliphatic carbocycles. The van der Waals surface area contributed by atoms with Crippen molar-refractivity contribution >= 4 is 5.91 Å². The monoisotopic (exact) mass is 251 g/mol. The molecule has 0 aromatic heterocycles. The van der Waals surface area contributed by atoms with E-state index >= 15 is 0 Å². The Hall–Kier alpha value is -0.610. The third kappa shape index (κ3) is 2.54. The molecule has 3 aliphatic rings. The van der Waals surface area contributed by atoms with Crippen LogP contribution in [0.1, 0.15) is 44.9 Å². The standard InChI is InChI=1S/C14H25N3O/c15-13(18)14(11-4-5-11,16-12-6-7-12)10-17-8-2-1-3-9-17/h11-12,16H,1-10H2,(H2,15,18). The molecule has 4 heteroatoms. The summed E-state index contributed by atoms with van der Waals surface area (Å²) in [6.07, 6.45) is 8.61. The minimum Gasteiger partial charge on any atom is -0.368 e. The SMILES string of the molecule is NC(=O)C(CN1CCCCC1)(NC1CC1)C1CC1. The summed E-state index contributed by atoms with van der Waals surface area (Å²) in [4.78, 5) is 14.5. The van der Waals surface area contributed by atoms with Crippen LogP contribution in [0.2, 0.25) is 0 Å². The second-order valence-electron chi connectivity index (χ2n) is 6.37. The summed E-state index contributed by atoms with van der Waals surface area (Å²) in [5, 5.41) is 3.60. The number of nitrogens with zero attached hydrogens (tertiary/aromatic N) is 1. The predicted octanol–water partition coefficient (Wildman–Crippen LogP) is 0.858. The lowest BCUT2D eigenvalue weighted by Gasteiger charge is -2.39. The maximum Gasteiger partial charge on any atom is 0.239 e. The van der Waals surface area contributed by atoms with Crippen molar-refractivity contribution in [3.8, 4) is 0 Å². The van der Waals surface area contributed by atoms with Gasteiger partial charge in [-0.05, 0) is 57.5 Å². The molecule has 0 bridgehead atoms. The molecule has 0 radical (unpaired) electrons. The van der Waals surface area contributed by atoms with Crippen LogP contribution in [0.4, 0.5) is 0 Å². The minimum atomic E-state index is -0.432. The highest BCUT2D eigenvalue weighted by Gasteiger charge is 2.52. The van der Waals surface area contributed by atoms with Crippen LogP contribution in [-0.4, -0.2) is 42.0 Å². The van der Waals surface area contributed by atoms with Gasteiger partial charge in [-0.15, -0.1) is 0 Å². The highest BCUT2D eigenvalue weighted by Crippen LogP contribution is 2.42. The summed E-state index contributed by atoms with van der Waals surface area (Å²) in [5.41, 5.74) is 5.35. The summed E-state index contributed by atoms with van der Waals surface area (Å²) in [6, 6.07) is 0.544. The molecular weight excluding hydrogens is 226 g/mol. The van der Waals surface area contributed by atoms with Gasteiger partial charge in [0.2, 0.25) is 5.91 Å². The van der Waals surface area contributed by atoms with Gasteiger partial charge in [0.1, 0.15) is 5.54 Å². The first kappa shape index (κ1) is 12.4. The molecule has 3 N–H and O–H groups in total. The third-order valence-corrected chi connectivity index (χ3v) is 4.67. The van der Waals surface area contributed by atoms with E-state index in [-0.39, 0.29) is 5.91 Å². The van der Waals surface area contributed by atoms with Gasteiger partial charge in [0.15, 0.2) is 0 Å². The maximum atomic E-state index is 12.1. The van der Waals surface area contributed by atoms with Crippen LogP contribution in [0.25, 0.3) is 0 Å². The van der Waals surface area contributed by atoms with Gasteiger partial charge in [-0.1, -0.05) is 6.42 Å². The zero-order valence-corrected chi connectivity index (χ0v) is 11.2. The van der Waals surface area contributed by atoms with Gasteiger partial charge >= 0.3 is 0 Å². The number of nitrogens with one attached hydrogen (secondary N) is 1. The Morgan fingerprint density at radius 2 is 1.83 bits per heavy atom. The molecule has 4 nitrogen and oxygen atoms in total. The number of rotatable bonds is 6. The summed E-state index contributed by atoms with van der Waals surface area (Å²) in [5.74, 6) is 0.361. The lowest BCUT2D eigenvalue weighted by atomic mass is 9.90. The number of carbonyl (C=O) groups is 1. The van der Waals surface area contributed by atoms with E-state index in [9.17, 15) is 4.79 Å². The van der Waals surface area contributed by atoms with E-state index in [1.165, 1.54) is 32.1 Å². The van der Waals surface area contributed by atoms with Crippen molar-refractivity contribution in [2.75, 3.05) is 19.6 Å². The predicted molar refractivity (Wildman–Crippen MR) is 71.1 cm³/mol. The van der Waals surface area contributed by atoms with Gasteiger partial charge in [-0.25, -0.2) is 0 Å². The van der Waals surface area contributed by atoms with E-state index in [0.717, 1.165) is 32.5 Å². The largest absolute Gasteiger partial charge is 0.368 e. The Bertz CT molecular complexity index is 319. The van der Waals surface area contributed by atoms with E-state index < -0.39 is 5.54 Å². The molecule has 102 valence electrons. The number of primary amides is 1. The molecule has 0 spiro atoms. The first-order valence-electron chi connectivity index (χ1n) is 7.51. The molecule has 0 aromatic carbocycles. The zero-order chi connectivity index (χ0) is 12.6. The van der Waals surface area contributed by atoms with Gasteiger partial charge in [0, 0.05) is 12.6 Å². The van der Waals surface area contributed by atoms with Gasteiger partial charge in [0.05, 0.1) is 0 Å². The van der Waals surface area contributed by atoms with Crippen LogP contribution in [0.5, 0.6) is 0 Å². The molecule has 2 saturated carbocycles. The topological polar surface area (TPSA) is 58.4 Å². The summed E-state index contributed by atoms with van der Waals surface area (Å²) < 4.78 is 0.